The van der Waals surface area contributed by atoms with Crippen LogP contribution >= 0.6 is 7.82 Å². The van der Waals surface area contributed by atoms with Crippen LogP contribution in [0.1, 0.15) is 22.9 Å². The zero-order valence-corrected chi connectivity index (χ0v) is 21.5. The van der Waals surface area contributed by atoms with Crippen molar-refractivity contribution in [2.75, 3.05) is 0 Å². The van der Waals surface area contributed by atoms with Gasteiger partial charge in [0.05, 0.1) is 0 Å². The van der Waals surface area contributed by atoms with Crippen molar-refractivity contribution in [3.05, 3.63) is 132 Å². The fourth-order valence-corrected chi connectivity index (χ4v) is 4.02. The first kappa shape index (κ1) is 25.7. The van der Waals surface area contributed by atoms with Gasteiger partial charge in [0.25, 0.3) is 0 Å². The molecule has 0 aliphatic rings. The summed E-state index contributed by atoms with van der Waals surface area (Å²) in [6, 6.07) is 33.3. The number of phosphoric ester groups is 1. The smallest absolute Gasteiger partial charge is 1.00 e. The van der Waals surface area contributed by atoms with Gasteiger partial charge in [0.2, 0.25) is 0 Å². The van der Waals surface area contributed by atoms with Gasteiger partial charge in [0.1, 0.15) is 11.5 Å². The van der Waals surface area contributed by atoms with Gasteiger partial charge in [-0.05, 0) is 53.6 Å². The maximum Gasteiger partial charge on any atom is 1.00 e. The molecular formula is C27H22NaO5P. The van der Waals surface area contributed by atoms with E-state index in [-0.39, 0.29) is 48.3 Å². The van der Waals surface area contributed by atoms with Crippen LogP contribution in [0, 0.1) is 0 Å². The number of phosphoric acid groups is 1. The van der Waals surface area contributed by atoms with E-state index in [1.807, 2.05) is 66.7 Å². The summed E-state index contributed by atoms with van der Waals surface area (Å²) in [6.07, 6.45) is 1.84. The molecule has 0 fully saturated rings. The van der Waals surface area contributed by atoms with Crippen LogP contribution in [0.25, 0.3) is 11.6 Å². The first-order valence-corrected chi connectivity index (χ1v) is 11.7. The third kappa shape index (κ3) is 7.04. The molecule has 0 saturated heterocycles. The first-order chi connectivity index (χ1) is 16.0. The second-order valence-corrected chi connectivity index (χ2v) is 8.45. The summed E-state index contributed by atoms with van der Waals surface area (Å²) in [5.41, 5.74) is 2.66. The van der Waals surface area contributed by atoms with Crippen molar-refractivity contribution in [3.63, 3.8) is 0 Å². The van der Waals surface area contributed by atoms with Gasteiger partial charge in [-0.2, -0.15) is 0 Å². The largest absolute Gasteiger partial charge is 1.00 e. The Morgan fingerprint density at radius 3 is 1.71 bits per heavy atom. The summed E-state index contributed by atoms with van der Waals surface area (Å²) in [7, 11) is -4.38. The molecule has 0 aliphatic heterocycles. The monoisotopic (exact) mass is 480 g/mol. The number of rotatable bonds is 8. The fraction of sp³-hybridized carbons (Fsp3) is 0. The number of para-hydroxylation sites is 1. The van der Waals surface area contributed by atoms with Gasteiger partial charge < -0.3 is 10.5 Å². The third-order valence-electron chi connectivity index (χ3n) is 4.74. The van der Waals surface area contributed by atoms with E-state index < -0.39 is 7.82 Å². The standard InChI is InChI=1S/C27H21O5P.Na.H/c28-27(26(22-12-6-2-7-13-22)20-21-10-4-1-5-11-21)23-16-18-25(19-17-23)32-33(29,30)31-24-14-8-3-9-15-24;;/h1-20H,(H,29,30);;/q;+1;-1. The Morgan fingerprint density at radius 1 is 0.676 bits per heavy atom. The molecule has 0 aromatic heterocycles. The molecule has 1 atom stereocenters. The van der Waals surface area contributed by atoms with Crippen molar-refractivity contribution in [2.24, 2.45) is 0 Å². The van der Waals surface area contributed by atoms with E-state index in [2.05, 4.69) is 0 Å². The second-order valence-electron chi connectivity index (χ2n) is 7.15. The maximum absolute atomic E-state index is 13.3. The Hall–Kier alpha value is -2.92. The van der Waals surface area contributed by atoms with E-state index in [9.17, 15) is 14.3 Å². The molecule has 4 aromatic carbocycles. The van der Waals surface area contributed by atoms with Gasteiger partial charge in [-0.15, -0.1) is 0 Å². The molecule has 1 N–H and O–H groups in total. The van der Waals surface area contributed by atoms with Crippen molar-refractivity contribution in [3.8, 4) is 11.5 Å². The van der Waals surface area contributed by atoms with Gasteiger partial charge in [0, 0.05) is 11.1 Å². The van der Waals surface area contributed by atoms with Crippen LogP contribution in [-0.4, -0.2) is 10.7 Å². The molecule has 4 rings (SSSR count). The molecule has 0 radical (unpaired) electrons. The third-order valence-corrected chi connectivity index (χ3v) is 5.62. The SMILES string of the molecule is O=C(C(=Cc1ccccc1)c1ccccc1)c1ccc(OP(=O)(O)Oc2ccccc2)cc1.[H-].[Na+]. The number of Topliss-reactive ketones (excluding diaryl/α,β-unsaturated/α-hetero) is 1. The number of hydrogen-bond donors (Lipinski definition) is 1. The molecular weight excluding hydrogens is 458 g/mol. The number of ketones is 1. The predicted molar refractivity (Wildman–Crippen MR) is 130 cm³/mol. The molecule has 0 amide bonds. The minimum absolute atomic E-state index is 0. The molecule has 4 aromatic rings. The van der Waals surface area contributed by atoms with Crippen LogP contribution in [0.3, 0.4) is 0 Å². The molecule has 0 bridgehead atoms. The van der Waals surface area contributed by atoms with E-state index in [0.29, 0.717) is 11.1 Å². The molecule has 0 heterocycles. The number of carbonyl (C=O) groups excluding carboxylic acids is 1. The van der Waals surface area contributed by atoms with E-state index in [0.717, 1.165) is 11.1 Å². The molecule has 0 saturated carbocycles. The van der Waals surface area contributed by atoms with Crippen LogP contribution in [0.2, 0.25) is 0 Å². The summed E-state index contributed by atoms with van der Waals surface area (Å²) >= 11 is 0. The van der Waals surface area contributed by atoms with Crippen LogP contribution in [0.15, 0.2) is 115 Å². The molecule has 0 aliphatic carbocycles. The topological polar surface area (TPSA) is 72.8 Å². The Kier molecular flexibility index (Phi) is 9.05. The molecule has 166 valence electrons. The summed E-state index contributed by atoms with van der Waals surface area (Å²) in [6.45, 7) is 0. The zero-order valence-electron chi connectivity index (χ0n) is 19.6. The number of carbonyl (C=O) groups is 1. The van der Waals surface area contributed by atoms with Gasteiger partial charge >= 0.3 is 37.4 Å². The molecule has 5 nitrogen and oxygen atoms in total. The number of benzene rings is 4. The molecule has 1 unspecified atom stereocenters. The van der Waals surface area contributed by atoms with Crippen molar-refractivity contribution >= 4 is 25.3 Å². The van der Waals surface area contributed by atoms with Gasteiger partial charge in [-0.1, -0.05) is 78.9 Å². The minimum Gasteiger partial charge on any atom is -1.00 e. The quantitative estimate of drug-likeness (QED) is 0.137. The maximum atomic E-state index is 13.3. The van der Waals surface area contributed by atoms with Gasteiger partial charge in [0.15, 0.2) is 5.78 Å². The van der Waals surface area contributed by atoms with Crippen molar-refractivity contribution in [1.82, 2.24) is 0 Å². The predicted octanol–water partition coefficient (Wildman–Crippen LogP) is 3.78. The van der Waals surface area contributed by atoms with E-state index in [4.69, 9.17) is 9.05 Å². The minimum atomic E-state index is -4.38. The zero-order chi connectivity index (χ0) is 23.1. The van der Waals surface area contributed by atoms with Crippen molar-refractivity contribution in [2.45, 2.75) is 0 Å². The molecule has 7 heteroatoms. The molecule has 34 heavy (non-hydrogen) atoms. The number of hydrogen-bond acceptors (Lipinski definition) is 4. The summed E-state index contributed by atoms with van der Waals surface area (Å²) < 4.78 is 22.5. The van der Waals surface area contributed by atoms with Gasteiger partial charge in [-0.25, -0.2) is 4.57 Å². The van der Waals surface area contributed by atoms with Gasteiger partial charge in [-0.3, -0.25) is 9.69 Å². The van der Waals surface area contributed by atoms with Crippen LogP contribution in [-0.2, 0) is 4.57 Å². The van der Waals surface area contributed by atoms with Crippen LogP contribution in [0.5, 0.6) is 11.5 Å². The van der Waals surface area contributed by atoms with Crippen molar-refractivity contribution in [1.29, 1.82) is 0 Å². The van der Waals surface area contributed by atoms with Crippen LogP contribution in [0.4, 0.5) is 0 Å². The Morgan fingerprint density at radius 2 is 1.15 bits per heavy atom. The fourth-order valence-electron chi connectivity index (χ4n) is 3.20. The van der Waals surface area contributed by atoms with Crippen LogP contribution < -0.4 is 38.6 Å². The second kappa shape index (κ2) is 12.0. The van der Waals surface area contributed by atoms with E-state index in [1.54, 1.807) is 42.5 Å². The van der Waals surface area contributed by atoms with Crippen molar-refractivity contribution < 1.29 is 54.3 Å². The summed E-state index contributed by atoms with van der Waals surface area (Å²) in [5, 5.41) is 0. The Labute approximate surface area is 222 Å². The number of allylic oxidation sites excluding steroid dienone is 1. The average molecular weight is 480 g/mol. The summed E-state index contributed by atoms with van der Waals surface area (Å²) in [5.74, 6) is 0.152. The average Bonchev–Trinajstić information content (AvgIpc) is 2.84. The Bertz CT molecular complexity index is 1300. The first-order valence-electron chi connectivity index (χ1n) is 10.2. The van der Waals surface area contributed by atoms with E-state index >= 15 is 0 Å². The Balaban J connectivity index is 0.00000216. The molecule has 0 spiro atoms. The normalized spacial score (nSPS) is 12.7. The summed E-state index contributed by atoms with van der Waals surface area (Å²) in [4.78, 5) is 23.4. The van der Waals surface area contributed by atoms with E-state index in [1.165, 1.54) is 12.1 Å².